The number of hydrogen-bond donors (Lipinski definition) is 0. The van der Waals surface area contributed by atoms with E-state index in [1.54, 1.807) is 19.1 Å². The molecule has 0 saturated carbocycles. The van der Waals surface area contributed by atoms with Crippen LogP contribution in [0.25, 0.3) is 0 Å². The standard InChI is InChI=1S/C23H25FN4O2/c1-16-26-22(30-27-16)9-10-23(29)28-11-3-5-19(15-28)21-8-7-18(14-25-21)12-17-4-2-6-20(24)13-17/h2,4,6-8,13-14,19H,3,5,9-12,15H2,1H3/t19-/m1/s1. The Bertz CT molecular complexity index is 1000. The Morgan fingerprint density at radius 2 is 2.17 bits per heavy atom. The molecule has 1 saturated heterocycles. The van der Waals surface area contributed by atoms with E-state index in [1.807, 2.05) is 29.3 Å². The maximum Gasteiger partial charge on any atom is 0.227 e. The number of likely N-dealkylation sites (tertiary alicyclic amines) is 1. The zero-order chi connectivity index (χ0) is 20.9. The lowest BCUT2D eigenvalue weighted by Gasteiger charge is -2.32. The Balaban J connectivity index is 1.33. The average Bonchev–Trinajstić information content (AvgIpc) is 3.18. The molecule has 0 spiro atoms. The fourth-order valence-electron chi connectivity index (χ4n) is 3.92. The van der Waals surface area contributed by atoms with Gasteiger partial charge in [0.2, 0.25) is 11.8 Å². The topological polar surface area (TPSA) is 72.1 Å². The number of aryl methyl sites for hydroxylation is 2. The summed E-state index contributed by atoms with van der Waals surface area (Å²) in [5, 5.41) is 3.76. The third-order valence-corrected chi connectivity index (χ3v) is 5.46. The number of piperidine rings is 1. The molecule has 3 heterocycles. The van der Waals surface area contributed by atoms with E-state index in [1.165, 1.54) is 6.07 Å². The van der Waals surface area contributed by atoms with Crippen LogP contribution < -0.4 is 0 Å². The van der Waals surface area contributed by atoms with Gasteiger partial charge in [0.15, 0.2) is 5.82 Å². The summed E-state index contributed by atoms with van der Waals surface area (Å²) in [7, 11) is 0. The van der Waals surface area contributed by atoms with Crippen molar-refractivity contribution in [2.24, 2.45) is 0 Å². The van der Waals surface area contributed by atoms with E-state index in [0.717, 1.165) is 36.2 Å². The van der Waals surface area contributed by atoms with Crippen LogP contribution in [0.3, 0.4) is 0 Å². The van der Waals surface area contributed by atoms with Gasteiger partial charge in [-0.25, -0.2) is 4.39 Å². The van der Waals surface area contributed by atoms with Crippen LogP contribution in [-0.2, 0) is 17.6 Å². The van der Waals surface area contributed by atoms with Crippen LogP contribution >= 0.6 is 0 Å². The van der Waals surface area contributed by atoms with E-state index >= 15 is 0 Å². The van der Waals surface area contributed by atoms with Crippen LogP contribution in [-0.4, -0.2) is 39.0 Å². The van der Waals surface area contributed by atoms with E-state index in [0.29, 0.717) is 37.5 Å². The molecule has 0 aliphatic carbocycles. The van der Waals surface area contributed by atoms with Gasteiger partial charge < -0.3 is 9.42 Å². The third kappa shape index (κ3) is 5.09. The molecule has 1 aromatic carbocycles. The van der Waals surface area contributed by atoms with Gasteiger partial charge in [-0.05, 0) is 55.5 Å². The van der Waals surface area contributed by atoms with Gasteiger partial charge in [0.05, 0.1) is 0 Å². The summed E-state index contributed by atoms with van der Waals surface area (Å²) in [6.45, 7) is 3.22. The van der Waals surface area contributed by atoms with E-state index in [4.69, 9.17) is 4.52 Å². The maximum absolute atomic E-state index is 13.4. The Hall–Kier alpha value is -3.09. The zero-order valence-corrected chi connectivity index (χ0v) is 17.1. The number of carbonyl (C=O) groups excluding carboxylic acids is 1. The van der Waals surface area contributed by atoms with Gasteiger partial charge in [0, 0.05) is 43.7 Å². The zero-order valence-electron chi connectivity index (χ0n) is 17.1. The Labute approximate surface area is 175 Å². The van der Waals surface area contributed by atoms with Crippen molar-refractivity contribution in [2.75, 3.05) is 13.1 Å². The predicted octanol–water partition coefficient (Wildman–Crippen LogP) is 3.84. The monoisotopic (exact) mass is 408 g/mol. The summed E-state index contributed by atoms with van der Waals surface area (Å²) in [6, 6.07) is 10.7. The highest BCUT2D eigenvalue weighted by Crippen LogP contribution is 2.26. The van der Waals surface area contributed by atoms with Gasteiger partial charge in [-0.15, -0.1) is 0 Å². The molecule has 156 valence electrons. The van der Waals surface area contributed by atoms with Crippen molar-refractivity contribution in [2.45, 2.75) is 44.9 Å². The van der Waals surface area contributed by atoms with Crippen molar-refractivity contribution in [3.05, 3.63) is 76.9 Å². The lowest BCUT2D eigenvalue weighted by Crippen LogP contribution is -2.39. The summed E-state index contributed by atoms with van der Waals surface area (Å²) in [4.78, 5) is 23.3. The van der Waals surface area contributed by atoms with Crippen LogP contribution in [0.1, 0.15) is 53.7 Å². The lowest BCUT2D eigenvalue weighted by molar-refractivity contribution is -0.132. The molecule has 4 rings (SSSR count). The number of halogens is 1. The Kier molecular flexibility index (Phi) is 6.16. The van der Waals surface area contributed by atoms with Gasteiger partial charge >= 0.3 is 0 Å². The van der Waals surface area contributed by atoms with Gasteiger partial charge in [-0.3, -0.25) is 9.78 Å². The van der Waals surface area contributed by atoms with Crippen molar-refractivity contribution in [3.8, 4) is 0 Å². The minimum absolute atomic E-state index is 0.110. The van der Waals surface area contributed by atoms with Gasteiger partial charge in [0.25, 0.3) is 0 Å². The predicted molar refractivity (Wildman–Crippen MR) is 109 cm³/mol. The Morgan fingerprint density at radius 3 is 2.90 bits per heavy atom. The number of carbonyl (C=O) groups is 1. The molecule has 1 amide bonds. The molecule has 0 radical (unpaired) electrons. The van der Waals surface area contributed by atoms with Crippen LogP contribution in [0.5, 0.6) is 0 Å². The van der Waals surface area contributed by atoms with E-state index in [2.05, 4.69) is 15.1 Å². The first-order valence-corrected chi connectivity index (χ1v) is 10.3. The van der Waals surface area contributed by atoms with Crippen LogP contribution in [0, 0.1) is 12.7 Å². The Morgan fingerprint density at radius 1 is 1.27 bits per heavy atom. The SMILES string of the molecule is Cc1noc(CCC(=O)N2CCC[C@@H](c3ccc(Cc4cccc(F)c4)cn3)C2)n1. The van der Waals surface area contributed by atoms with Crippen molar-refractivity contribution < 1.29 is 13.7 Å². The summed E-state index contributed by atoms with van der Waals surface area (Å²) >= 11 is 0. The molecule has 3 aromatic rings. The van der Waals surface area contributed by atoms with E-state index < -0.39 is 0 Å². The van der Waals surface area contributed by atoms with E-state index in [-0.39, 0.29) is 17.6 Å². The minimum atomic E-state index is -0.224. The second kappa shape index (κ2) is 9.15. The van der Waals surface area contributed by atoms with Crippen LogP contribution in [0.4, 0.5) is 4.39 Å². The van der Waals surface area contributed by atoms with Crippen molar-refractivity contribution >= 4 is 5.91 Å². The second-order valence-electron chi connectivity index (χ2n) is 7.81. The fourth-order valence-corrected chi connectivity index (χ4v) is 3.92. The lowest BCUT2D eigenvalue weighted by atomic mass is 9.93. The number of rotatable bonds is 6. The molecular formula is C23H25FN4O2. The fraction of sp³-hybridized carbons (Fsp3) is 0.391. The highest BCUT2D eigenvalue weighted by molar-refractivity contribution is 5.76. The average molecular weight is 408 g/mol. The third-order valence-electron chi connectivity index (χ3n) is 5.46. The normalized spacial score (nSPS) is 16.6. The van der Waals surface area contributed by atoms with Crippen LogP contribution in [0.2, 0.25) is 0 Å². The van der Waals surface area contributed by atoms with Crippen molar-refractivity contribution in [3.63, 3.8) is 0 Å². The molecule has 1 aliphatic heterocycles. The molecule has 0 bridgehead atoms. The molecule has 1 atom stereocenters. The van der Waals surface area contributed by atoms with Gasteiger partial charge in [-0.1, -0.05) is 23.4 Å². The number of benzene rings is 1. The molecular weight excluding hydrogens is 383 g/mol. The molecule has 6 nitrogen and oxygen atoms in total. The first-order valence-electron chi connectivity index (χ1n) is 10.3. The maximum atomic E-state index is 13.4. The minimum Gasteiger partial charge on any atom is -0.342 e. The summed E-state index contributed by atoms with van der Waals surface area (Å²) in [5.74, 6) is 1.21. The van der Waals surface area contributed by atoms with Crippen molar-refractivity contribution in [1.82, 2.24) is 20.0 Å². The number of nitrogens with zero attached hydrogens (tertiary/aromatic N) is 4. The molecule has 30 heavy (non-hydrogen) atoms. The molecule has 0 unspecified atom stereocenters. The highest BCUT2D eigenvalue weighted by Gasteiger charge is 2.25. The van der Waals surface area contributed by atoms with Gasteiger partial charge in [0.1, 0.15) is 5.82 Å². The molecule has 2 aromatic heterocycles. The second-order valence-corrected chi connectivity index (χ2v) is 7.81. The number of aromatic nitrogens is 3. The smallest absolute Gasteiger partial charge is 0.227 e. The van der Waals surface area contributed by atoms with Gasteiger partial charge in [-0.2, -0.15) is 4.98 Å². The summed E-state index contributed by atoms with van der Waals surface area (Å²) in [6.07, 6.45) is 5.32. The number of amides is 1. The number of pyridine rings is 1. The molecule has 1 aliphatic rings. The van der Waals surface area contributed by atoms with E-state index in [9.17, 15) is 9.18 Å². The first kappa shape index (κ1) is 20.2. The summed E-state index contributed by atoms with van der Waals surface area (Å²) in [5.41, 5.74) is 2.97. The molecule has 1 fully saturated rings. The number of hydrogen-bond acceptors (Lipinski definition) is 5. The largest absolute Gasteiger partial charge is 0.342 e. The first-order chi connectivity index (χ1) is 14.6. The summed E-state index contributed by atoms with van der Waals surface area (Å²) < 4.78 is 18.5. The molecule has 0 N–H and O–H groups in total. The quantitative estimate of drug-likeness (QED) is 0.620. The molecule has 7 heteroatoms. The van der Waals surface area contributed by atoms with Crippen molar-refractivity contribution in [1.29, 1.82) is 0 Å². The highest BCUT2D eigenvalue weighted by atomic mass is 19.1. The van der Waals surface area contributed by atoms with Crippen LogP contribution in [0.15, 0.2) is 47.1 Å².